The average Bonchev–Trinajstić information content (AvgIpc) is 3.16. The maximum absolute atomic E-state index is 6.94. The second-order valence-electron chi connectivity index (χ2n) is 16.7. The number of aryl methyl sites for hydroxylation is 2. The fourth-order valence-corrected chi connectivity index (χ4v) is 8.41. The zero-order valence-electron chi connectivity index (χ0n) is 30.5. The maximum atomic E-state index is 6.94. The average molecular weight is 647 g/mol. The summed E-state index contributed by atoms with van der Waals surface area (Å²) in [4.78, 5) is 0. The molecule has 0 aromatic heterocycles. The molecule has 246 valence electrons. The SMILES string of the molecule is Cc1cc(C(C)(C)C)c(OP2OC(C)(C)C(C)(C)O2)c(-c2c(C)c(C)cc(C(C)(C)C)c2OP2OC(C)(C)C(C)(C)O2)c1C. The first-order chi connectivity index (χ1) is 19.7. The van der Waals surface area contributed by atoms with Crippen molar-refractivity contribution in [1.82, 2.24) is 0 Å². The van der Waals surface area contributed by atoms with Gasteiger partial charge in [0.2, 0.25) is 0 Å². The molecule has 0 radical (unpaired) electrons. The Bertz CT molecular complexity index is 1300. The van der Waals surface area contributed by atoms with Crippen molar-refractivity contribution in [2.45, 2.75) is 158 Å². The molecule has 0 amide bonds. The van der Waals surface area contributed by atoms with Crippen molar-refractivity contribution < 1.29 is 27.1 Å². The van der Waals surface area contributed by atoms with Gasteiger partial charge in [-0.2, -0.15) is 0 Å². The Morgan fingerprint density at radius 2 is 0.750 bits per heavy atom. The summed E-state index contributed by atoms with van der Waals surface area (Å²) in [7, 11) is -3.34. The third-order valence-electron chi connectivity index (χ3n) is 9.91. The number of benzene rings is 2. The van der Waals surface area contributed by atoms with Crippen LogP contribution in [0.25, 0.3) is 11.1 Å². The van der Waals surface area contributed by atoms with E-state index in [4.69, 9.17) is 27.1 Å². The molecule has 2 saturated heterocycles. The summed E-state index contributed by atoms with van der Waals surface area (Å²) in [5.41, 5.74) is 6.35. The molecule has 0 saturated carbocycles. The van der Waals surface area contributed by atoms with Gasteiger partial charge in [-0.1, -0.05) is 53.7 Å². The van der Waals surface area contributed by atoms with Crippen molar-refractivity contribution in [3.8, 4) is 22.6 Å². The molecule has 8 heteroatoms. The Balaban J connectivity index is 2.06. The fourth-order valence-electron chi connectivity index (χ4n) is 5.14. The van der Waals surface area contributed by atoms with Crippen molar-refractivity contribution >= 4 is 17.2 Å². The van der Waals surface area contributed by atoms with Gasteiger partial charge < -0.3 is 9.05 Å². The standard InChI is InChI=1S/C36H56O6P2/c1-21-19-25(31(5,6)7)29(37-43-39-33(11,12)34(13,14)40-43)27(23(21)3)28-24(4)22(2)20-26(32(8,9)10)30(28)38-44-41-35(15,16)36(17,18)42-44/h19-20H,1-18H3. The highest BCUT2D eigenvalue weighted by molar-refractivity contribution is 7.42. The van der Waals surface area contributed by atoms with E-state index in [1.165, 1.54) is 11.1 Å². The van der Waals surface area contributed by atoms with Gasteiger partial charge in [0.05, 0.1) is 0 Å². The molecule has 2 aromatic rings. The third-order valence-corrected chi connectivity index (χ3v) is 13.0. The van der Waals surface area contributed by atoms with Crippen LogP contribution in [-0.2, 0) is 28.9 Å². The molecule has 2 heterocycles. The minimum Gasteiger partial charge on any atom is -0.426 e. The fraction of sp³-hybridized carbons (Fsp3) is 0.667. The molecule has 0 aliphatic carbocycles. The monoisotopic (exact) mass is 646 g/mol. The first-order valence-corrected chi connectivity index (χ1v) is 17.9. The zero-order valence-corrected chi connectivity index (χ0v) is 32.3. The molecule has 0 bridgehead atoms. The summed E-state index contributed by atoms with van der Waals surface area (Å²) >= 11 is 0. The highest BCUT2D eigenvalue weighted by Crippen LogP contribution is 2.63. The summed E-state index contributed by atoms with van der Waals surface area (Å²) in [6.45, 7) is 38.5. The van der Waals surface area contributed by atoms with Gasteiger partial charge in [-0.25, -0.2) is 0 Å². The highest BCUT2D eigenvalue weighted by Gasteiger charge is 2.54. The molecule has 44 heavy (non-hydrogen) atoms. The zero-order chi connectivity index (χ0) is 33.6. The molecule has 2 aromatic carbocycles. The largest absolute Gasteiger partial charge is 0.426 e. The second-order valence-corrected chi connectivity index (χ2v) is 18.7. The van der Waals surface area contributed by atoms with Gasteiger partial charge in [0.1, 0.15) is 33.9 Å². The van der Waals surface area contributed by atoms with Crippen LogP contribution in [0.5, 0.6) is 11.5 Å². The van der Waals surface area contributed by atoms with Gasteiger partial charge in [-0.3, -0.25) is 18.1 Å². The van der Waals surface area contributed by atoms with Crippen molar-refractivity contribution in [2.75, 3.05) is 0 Å². The van der Waals surface area contributed by atoms with Crippen LogP contribution in [0.4, 0.5) is 0 Å². The highest BCUT2D eigenvalue weighted by atomic mass is 31.2. The van der Waals surface area contributed by atoms with Gasteiger partial charge in [-0.15, -0.1) is 0 Å². The van der Waals surface area contributed by atoms with E-state index in [1.54, 1.807) is 0 Å². The van der Waals surface area contributed by atoms with E-state index in [0.717, 1.165) is 44.9 Å². The Kier molecular flexibility index (Phi) is 9.04. The van der Waals surface area contributed by atoms with E-state index in [0.29, 0.717) is 0 Å². The van der Waals surface area contributed by atoms with E-state index in [1.807, 2.05) is 0 Å². The Morgan fingerprint density at radius 1 is 0.500 bits per heavy atom. The van der Waals surface area contributed by atoms with Crippen LogP contribution in [0, 0.1) is 27.7 Å². The van der Waals surface area contributed by atoms with Crippen LogP contribution < -0.4 is 9.05 Å². The maximum Gasteiger partial charge on any atom is 0.398 e. The quantitative estimate of drug-likeness (QED) is 0.301. The lowest BCUT2D eigenvalue weighted by Gasteiger charge is -2.32. The number of hydrogen-bond acceptors (Lipinski definition) is 6. The minimum absolute atomic E-state index is 0.218. The van der Waals surface area contributed by atoms with E-state index < -0.39 is 39.6 Å². The predicted molar refractivity (Wildman–Crippen MR) is 184 cm³/mol. The molecule has 0 atom stereocenters. The Morgan fingerprint density at radius 3 is 0.977 bits per heavy atom. The summed E-state index contributed by atoms with van der Waals surface area (Å²) in [5, 5.41) is 0. The van der Waals surface area contributed by atoms with E-state index in [9.17, 15) is 0 Å². The van der Waals surface area contributed by atoms with Crippen molar-refractivity contribution in [3.63, 3.8) is 0 Å². The normalized spacial score (nSPS) is 21.6. The van der Waals surface area contributed by atoms with Gasteiger partial charge in [0, 0.05) is 22.3 Å². The molecule has 2 fully saturated rings. The molecule has 2 aliphatic heterocycles. The van der Waals surface area contributed by atoms with Crippen LogP contribution >= 0.6 is 17.2 Å². The summed E-state index contributed by atoms with van der Waals surface area (Å²) in [5.74, 6) is 1.56. The van der Waals surface area contributed by atoms with Gasteiger partial charge in [0.25, 0.3) is 0 Å². The molecule has 6 nitrogen and oxygen atoms in total. The van der Waals surface area contributed by atoms with E-state index in [2.05, 4.69) is 137 Å². The lowest BCUT2D eigenvalue weighted by molar-refractivity contribution is 0.00578. The third kappa shape index (κ3) is 6.34. The molecule has 0 spiro atoms. The van der Waals surface area contributed by atoms with Crippen LogP contribution in [0.3, 0.4) is 0 Å². The topological polar surface area (TPSA) is 55.4 Å². The molecular weight excluding hydrogens is 590 g/mol. The smallest absolute Gasteiger partial charge is 0.398 e. The molecule has 2 aliphatic rings. The number of rotatable bonds is 5. The summed E-state index contributed by atoms with van der Waals surface area (Å²) < 4.78 is 39.7. The van der Waals surface area contributed by atoms with Gasteiger partial charge in [0.15, 0.2) is 0 Å². The second kappa shape index (κ2) is 11.2. The van der Waals surface area contributed by atoms with Crippen LogP contribution in [0.1, 0.15) is 130 Å². The molecular formula is C36H56O6P2. The van der Waals surface area contributed by atoms with Crippen LogP contribution in [-0.4, -0.2) is 22.4 Å². The van der Waals surface area contributed by atoms with Gasteiger partial charge >= 0.3 is 17.2 Å². The van der Waals surface area contributed by atoms with E-state index in [-0.39, 0.29) is 10.8 Å². The molecule has 4 rings (SSSR count). The lowest BCUT2D eigenvalue weighted by Crippen LogP contribution is -2.41. The van der Waals surface area contributed by atoms with Gasteiger partial charge in [-0.05, 0) is 116 Å². The van der Waals surface area contributed by atoms with Crippen molar-refractivity contribution in [1.29, 1.82) is 0 Å². The lowest BCUT2D eigenvalue weighted by atomic mass is 9.78. The first kappa shape index (κ1) is 35.6. The van der Waals surface area contributed by atoms with Crippen LogP contribution in [0.15, 0.2) is 12.1 Å². The van der Waals surface area contributed by atoms with Crippen molar-refractivity contribution in [3.05, 3.63) is 45.5 Å². The molecule has 0 unspecified atom stereocenters. The predicted octanol–water partition coefficient (Wildman–Crippen LogP) is 11.6. The minimum atomic E-state index is -1.67. The van der Waals surface area contributed by atoms with E-state index >= 15 is 0 Å². The molecule has 0 N–H and O–H groups in total. The Hall–Kier alpha value is -1.26. The van der Waals surface area contributed by atoms with Crippen molar-refractivity contribution in [2.24, 2.45) is 0 Å². The number of hydrogen-bond donors (Lipinski definition) is 0. The summed E-state index contributed by atoms with van der Waals surface area (Å²) in [6.07, 6.45) is 0. The summed E-state index contributed by atoms with van der Waals surface area (Å²) in [6, 6.07) is 4.51. The first-order valence-electron chi connectivity index (χ1n) is 15.7. The van der Waals surface area contributed by atoms with Crippen LogP contribution in [0.2, 0.25) is 0 Å². The Labute approximate surface area is 269 Å².